The maximum atomic E-state index is 4.85. The predicted octanol–water partition coefficient (Wildman–Crippen LogP) is 3.11. The first-order valence-electron chi connectivity index (χ1n) is 9.38. The van der Waals surface area contributed by atoms with Gasteiger partial charge >= 0.3 is 0 Å². The van der Waals surface area contributed by atoms with E-state index in [2.05, 4.69) is 53.4 Å². The van der Waals surface area contributed by atoms with Crippen LogP contribution in [0.5, 0.6) is 0 Å². The molecule has 5 heteroatoms. The van der Waals surface area contributed by atoms with Crippen molar-refractivity contribution >= 4 is 5.96 Å². The fraction of sp³-hybridized carbons (Fsp3) is 0.500. The first-order valence-corrected chi connectivity index (χ1v) is 9.38. The van der Waals surface area contributed by atoms with Crippen LogP contribution in [0.3, 0.4) is 0 Å². The number of nitrogens with zero attached hydrogens (tertiary/aromatic N) is 4. The minimum atomic E-state index is 0.757. The smallest absolute Gasteiger partial charge is 0.193 e. The molecule has 25 heavy (non-hydrogen) atoms. The van der Waals surface area contributed by atoms with E-state index in [0.717, 1.165) is 50.2 Å². The highest BCUT2D eigenvalue weighted by Gasteiger charge is 2.18. The zero-order valence-electron chi connectivity index (χ0n) is 15.4. The van der Waals surface area contributed by atoms with Crippen LogP contribution in [0.15, 0.2) is 47.7 Å². The molecule has 2 heterocycles. The molecule has 5 nitrogen and oxygen atoms in total. The topological polar surface area (TPSA) is 45.5 Å². The van der Waals surface area contributed by atoms with Crippen LogP contribution in [0.2, 0.25) is 0 Å². The van der Waals surface area contributed by atoms with Crippen molar-refractivity contribution in [1.82, 2.24) is 20.0 Å². The number of rotatable bonds is 5. The van der Waals surface area contributed by atoms with Gasteiger partial charge in [0.05, 0.1) is 5.69 Å². The number of aliphatic imine (C=N–C) groups is 1. The molecule has 2 aromatic rings. The fourth-order valence-electron chi connectivity index (χ4n) is 3.34. The van der Waals surface area contributed by atoms with Crippen molar-refractivity contribution in [2.24, 2.45) is 10.9 Å². The first-order chi connectivity index (χ1) is 12.3. The van der Waals surface area contributed by atoms with Crippen LogP contribution in [0, 0.1) is 5.92 Å². The number of nitrogens with one attached hydrogen (secondary N) is 1. The summed E-state index contributed by atoms with van der Waals surface area (Å²) in [7, 11) is 0. The van der Waals surface area contributed by atoms with E-state index < -0.39 is 0 Å². The molecule has 1 aromatic heterocycles. The summed E-state index contributed by atoms with van der Waals surface area (Å²) in [6.45, 7) is 8.43. The quantitative estimate of drug-likeness (QED) is 0.672. The van der Waals surface area contributed by atoms with E-state index in [1.807, 2.05) is 16.9 Å². The molecule has 0 saturated carbocycles. The fourth-order valence-corrected chi connectivity index (χ4v) is 3.34. The van der Waals surface area contributed by atoms with Gasteiger partial charge in [-0.05, 0) is 55.9 Å². The van der Waals surface area contributed by atoms with Crippen LogP contribution in [-0.2, 0) is 6.42 Å². The molecule has 1 atom stereocenters. The highest BCUT2D eigenvalue weighted by atomic mass is 15.3. The van der Waals surface area contributed by atoms with Gasteiger partial charge in [0.1, 0.15) is 0 Å². The molecule has 1 saturated heterocycles. The molecule has 134 valence electrons. The van der Waals surface area contributed by atoms with Crippen molar-refractivity contribution in [3.8, 4) is 5.69 Å². The standard InChI is InChI=1S/C20H29N5/c1-3-21-20(24-14-4-6-17(2)16-24)22-13-11-18-7-9-19(10-8-18)25-15-5-12-23-25/h5,7-10,12,15,17H,3-4,6,11,13-14,16H2,1-2H3,(H,21,22). The van der Waals surface area contributed by atoms with E-state index in [9.17, 15) is 0 Å². The minimum absolute atomic E-state index is 0.757. The Hall–Kier alpha value is -2.30. The van der Waals surface area contributed by atoms with Gasteiger partial charge in [-0.15, -0.1) is 0 Å². The Morgan fingerprint density at radius 3 is 2.84 bits per heavy atom. The summed E-state index contributed by atoms with van der Waals surface area (Å²) in [5.41, 5.74) is 2.40. The zero-order valence-corrected chi connectivity index (χ0v) is 15.4. The Morgan fingerprint density at radius 2 is 2.16 bits per heavy atom. The molecule has 0 aliphatic carbocycles. The summed E-state index contributed by atoms with van der Waals surface area (Å²) >= 11 is 0. The highest BCUT2D eigenvalue weighted by Crippen LogP contribution is 2.15. The van der Waals surface area contributed by atoms with E-state index in [4.69, 9.17) is 4.99 Å². The van der Waals surface area contributed by atoms with Gasteiger partial charge < -0.3 is 10.2 Å². The van der Waals surface area contributed by atoms with Gasteiger partial charge in [-0.25, -0.2) is 4.68 Å². The Morgan fingerprint density at radius 1 is 1.32 bits per heavy atom. The van der Waals surface area contributed by atoms with Gasteiger partial charge in [0, 0.05) is 38.6 Å². The third-order valence-corrected chi connectivity index (χ3v) is 4.66. The molecule has 1 fully saturated rings. The third kappa shape index (κ3) is 4.84. The minimum Gasteiger partial charge on any atom is -0.357 e. The van der Waals surface area contributed by atoms with Crippen LogP contribution in [0.25, 0.3) is 5.69 Å². The Bertz CT molecular complexity index is 660. The third-order valence-electron chi connectivity index (χ3n) is 4.66. The zero-order chi connectivity index (χ0) is 17.5. The Balaban J connectivity index is 1.58. The summed E-state index contributed by atoms with van der Waals surface area (Å²) < 4.78 is 1.88. The molecule has 1 aliphatic rings. The summed E-state index contributed by atoms with van der Waals surface area (Å²) in [5.74, 6) is 1.83. The number of hydrogen-bond donors (Lipinski definition) is 1. The number of guanidine groups is 1. The highest BCUT2D eigenvalue weighted by molar-refractivity contribution is 5.80. The van der Waals surface area contributed by atoms with Gasteiger partial charge in [0.25, 0.3) is 0 Å². The van der Waals surface area contributed by atoms with Crippen molar-refractivity contribution in [3.05, 3.63) is 48.3 Å². The molecular weight excluding hydrogens is 310 g/mol. The Kier molecular flexibility index (Phi) is 6.09. The molecule has 1 N–H and O–H groups in total. The van der Waals surface area contributed by atoms with E-state index in [1.165, 1.54) is 18.4 Å². The van der Waals surface area contributed by atoms with E-state index in [0.29, 0.717) is 0 Å². The van der Waals surface area contributed by atoms with Crippen molar-refractivity contribution in [1.29, 1.82) is 0 Å². The normalized spacial score (nSPS) is 18.4. The van der Waals surface area contributed by atoms with Gasteiger partial charge in [-0.3, -0.25) is 4.99 Å². The molecule has 0 radical (unpaired) electrons. The number of likely N-dealkylation sites (tertiary alicyclic amines) is 1. The van der Waals surface area contributed by atoms with Crippen LogP contribution < -0.4 is 5.32 Å². The lowest BCUT2D eigenvalue weighted by atomic mass is 10.0. The largest absolute Gasteiger partial charge is 0.357 e. The second-order valence-electron chi connectivity index (χ2n) is 6.80. The molecular formula is C20H29N5. The van der Waals surface area contributed by atoms with Crippen molar-refractivity contribution in [2.45, 2.75) is 33.1 Å². The molecule has 3 rings (SSSR count). The second-order valence-corrected chi connectivity index (χ2v) is 6.80. The van der Waals surface area contributed by atoms with Crippen molar-refractivity contribution in [3.63, 3.8) is 0 Å². The van der Waals surface area contributed by atoms with Crippen LogP contribution in [0.1, 0.15) is 32.3 Å². The van der Waals surface area contributed by atoms with Crippen molar-refractivity contribution in [2.75, 3.05) is 26.2 Å². The number of hydrogen-bond acceptors (Lipinski definition) is 2. The lowest BCUT2D eigenvalue weighted by Gasteiger charge is -2.33. The van der Waals surface area contributed by atoms with E-state index in [-0.39, 0.29) is 0 Å². The molecule has 1 aliphatic heterocycles. The van der Waals surface area contributed by atoms with E-state index in [1.54, 1.807) is 6.20 Å². The number of piperidine rings is 1. The second kappa shape index (κ2) is 8.70. The summed E-state index contributed by atoms with van der Waals surface area (Å²) in [6.07, 6.45) is 7.31. The van der Waals surface area contributed by atoms with Crippen LogP contribution in [-0.4, -0.2) is 46.8 Å². The summed E-state index contributed by atoms with van der Waals surface area (Å²) in [6, 6.07) is 10.5. The average molecular weight is 339 g/mol. The van der Waals surface area contributed by atoms with Gasteiger partial charge in [0.2, 0.25) is 0 Å². The van der Waals surface area contributed by atoms with Gasteiger partial charge in [-0.2, -0.15) is 5.10 Å². The maximum Gasteiger partial charge on any atom is 0.193 e. The summed E-state index contributed by atoms with van der Waals surface area (Å²) in [4.78, 5) is 7.27. The van der Waals surface area contributed by atoms with Crippen molar-refractivity contribution < 1.29 is 0 Å². The Labute approximate surface area is 150 Å². The van der Waals surface area contributed by atoms with Gasteiger partial charge in [0.15, 0.2) is 5.96 Å². The maximum absolute atomic E-state index is 4.85. The summed E-state index contributed by atoms with van der Waals surface area (Å²) in [5, 5.41) is 7.71. The molecule has 0 amide bonds. The number of aromatic nitrogens is 2. The lowest BCUT2D eigenvalue weighted by molar-refractivity contribution is 0.266. The first kappa shape index (κ1) is 17.5. The van der Waals surface area contributed by atoms with Crippen LogP contribution in [0.4, 0.5) is 0 Å². The monoisotopic (exact) mass is 339 g/mol. The van der Waals surface area contributed by atoms with E-state index >= 15 is 0 Å². The SMILES string of the molecule is CCNC(=NCCc1ccc(-n2cccn2)cc1)N1CCCC(C)C1. The lowest BCUT2D eigenvalue weighted by Crippen LogP contribution is -2.46. The number of benzene rings is 1. The average Bonchev–Trinajstić information content (AvgIpc) is 3.16. The molecule has 0 spiro atoms. The molecule has 1 aromatic carbocycles. The van der Waals surface area contributed by atoms with Crippen LogP contribution >= 0.6 is 0 Å². The molecule has 0 bridgehead atoms. The van der Waals surface area contributed by atoms with Gasteiger partial charge in [-0.1, -0.05) is 19.1 Å². The predicted molar refractivity (Wildman–Crippen MR) is 103 cm³/mol. The molecule has 1 unspecified atom stereocenters.